The number of rotatable bonds is 7. The molecule has 0 fully saturated rings. The van der Waals surface area contributed by atoms with E-state index in [-0.39, 0.29) is 0 Å². The van der Waals surface area contributed by atoms with Crippen molar-refractivity contribution < 1.29 is 0 Å². The lowest BCUT2D eigenvalue weighted by molar-refractivity contribution is 0.628. The van der Waals surface area contributed by atoms with Crippen molar-refractivity contribution in [3.8, 4) is 11.3 Å². The van der Waals surface area contributed by atoms with E-state index in [1.807, 2.05) is 30.6 Å². The van der Waals surface area contributed by atoms with E-state index in [4.69, 9.17) is 0 Å². The second kappa shape index (κ2) is 7.49. The fraction of sp³-hybridized carbons (Fsp3) is 0.294. The Morgan fingerprint density at radius 1 is 1.13 bits per heavy atom. The standard InChI is InChI=1S/C17H20N6/c1-2-16-19-10-12-23(16)11-4-8-20-17-21-9-6-15(22-17)14-5-3-7-18-13-14/h3,5-7,9-10,12-13H,2,4,8,11H2,1H3,(H,20,21,22). The molecule has 6 heteroatoms. The van der Waals surface area contributed by atoms with Crippen LogP contribution in [0, 0.1) is 0 Å². The molecule has 3 heterocycles. The van der Waals surface area contributed by atoms with Crippen molar-refractivity contribution in [1.29, 1.82) is 0 Å². The van der Waals surface area contributed by atoms with Crippen LogP contribution in [0.5, 0.6) is 0 Å². The fourth-order valence-corrected chi connectivity index (χ4v) is 2.43. The number of aromatic nitrogens is 5. The molecular formula is C17H20N6. The average Bonchev–Trinajstić information content (AvgIpc) is 3.07. The second-order valence-electron chi connectivity index (χ2n) is 5.18. The van der Waals surface area contributed by atoms with Gasteiger partial charge in [-0.1, -0.05) is 6.92 Å². The third-order valence-corrected chi connectivity index (χ3v) is 3.59. The molecule has 23 heavy (non-hydrogen) atoms. The van der Waals surface area contributed by atoms with Crippen molar-refractivity contribution in [2.75, 3.05) is 11.9 Å². The monoisotopic (exact) mass is 308 g/mol. The fourth-order valence-electron chi connectivity index (χ4n) is 2.43. The van der Waals surface area contributed by atoms with E-state index < -0.39 is 0 Å². The Bertz CT molecular complexity index is 738. The maximum absolute atomic E-state index is 4.53. The predicted octanol–water partition coefficient (Wildman–Crippen LogP) is 2.80. The maximum Gasteiger partial charge on any atom is 0.223 e. The Morgan fingerprint density at radius 3 is 2.91 bits per heavy atom. The van der Waals surface area contributed by atoms with Gasteiger partial charge in [0, 0.05) is 56.1 Å². The summed E-state index contributed by atoms with van der Waals surface area (Å²) in [6.45, 7) is 3.88. The van der Waals surface area contributed by atoms with Crippen LogP contribution in [-0.4, -0.2) is 31.0 Å². The molecule has 0 spiro atoms. The van der Waals surface area contributed by atoms with Gasteiger partial charge < -0.3 is 9.88 Å². The molecule has 0 aliphatic heterocycles. The highest BCUT2D eigenvalue weighted by Crippen LogP contribution is 2.15. The minimum absolute atomic E-state index is 0.646. The highest BCUT2D eigenvalue weighted by Gasteiger charge is 2.03. The molecule has 0 amide bonds. The van der Waals surface area contributed by atoms with E-state index in [1.54, 1.807) is 18.6 Å². The third kappa shape index (κ3) is 3.91. The van der Waals surface area contributed by atoms with Gasteiger partial charge in [-0.25, -0.2) is 15.0 Å². The van der Waals surface area contributed by atoms with Crippen molar-refractivity contribution in [2.45, 2.75) is 26.3 Å². The van der Waals surface area contributed by atoms with Gasteiger partial charge in [0.05, 0.1) is 5.69 Å². The Labute approximate surface area is 135 Å². The average molecular weight is 308 g/mol. The summed E-state index contributed by atoms with van der Waals surface area (Å²) >= 11 is 0. The lowest BCUT2D eigenvalue weighted by Crippen LogP contribution is -2.10. The molecule has 3 rings (SSSR count). The Balaban J connectivity index is 1.55. The molecule has 118 valence electrons. The lowest BCUT2D eigenvalue weighted by atomic mass is 10.2. The van der Waals surface area contributed by atoms with Crippen LogP contribution in [0.3, 0.4) is 0 Å². The molecule has 0 aliphatic rings. The van der Waals surface area contributed by atoms with Crippen LogP contribution in [-0.2, 0) is 13.0 Å². The zero-order chi connectivity index (χ0) is 15.9. The molecule has 0 aromatic carbocycles. The summed E-state index contributed by atoms with van der Waals surface area (Å²) in [6.07, 6.45) is 11.1. The quantitative estimate of drug-likeness (QED) is 0.680. The van der Waals surface area contributed by atoms with Crippen LogP contribution in [0.15, 0.2) is 49.2 Å². The van der Waals surface area contributed by atoms with E-state index in [9.17, 15) is 0 Å². The van der Waals surface area contributed by atoms with Gasteiger partial charge in [0.2, 0.25) is 5.95 Å². The number of anilines is 1. The molecular weight excluding hydrogens is 288 g/mol. The molecule has 0 saturated carbocycles. The first kappa shape index (κ1) is 15.1. The molecule has 1 N–H and O–H groups in total. The number of imidazole rings is 1. The number of hydrogen-bond acceptors (Lipinski definition) is 5. The van der Waals surface area contributed by atoms with E-state index in [0.29, 0.717) is 5.95 Å². The number of hydrogen-bond donors (Lipinski definition) is 1. The van der Waals surface area contributed by atoms with Gasteiger partial charge in [-0.3, -0.25) is 4.98 Å². The highest BCUT2D eigenvalue weighted by molar-refractivity contribution is 5.58. The van der Waals surface area contributed by atoms with Gasteiger partial charge >= 0.3 is 0 Å². The molecule has 0 atom stereocenters. The van der Waals surface area contributed by atoms with Crippen molar-refractivity contribution in [3.63, 3.8) is 0 Å². The third-order valence-electron chi connectivity index (χ3n) is 3.59. The summed E-state index contributed by atoms with van der Waals surface area (Å²) in [4.78, 5) is 17.3. The summed E-state index contributed by atoms with van der Waals surface area (Å²) in [5, 5.41) is 3.28. The number of pyridine rings is 1. The molecule has 0 unspecified atom stereocenters. The molecule has 0 bridgehead atoms. The predicted molar refractivity (Wildman–Crippen MR) is 90.0 cm³/mol. The van der Waals surface area contributed by atoms with Crippen LogP contribution in [0.2, 0.25) is 0 Å². The zero-order valence-corrected chi connectivity index (χ0v) is 13.2. The summed E-state index contributed by atoms with van der Waals surface area (Å²) in [5.74, 6) is 1.77. The minimum Gasteiger partial charge on any atom is -0.354 e. The Kier molecular flexibility index (Phi) is 4.93. The van der Waals surface area contributed by atoms with Crippen LogP contribution in [0.4, 0.5) is 5.95 Å². The smallest absolute Gasteiger partial charge is 0.223 e. The minimum atomic E-state index is 0.646. The number of nitrogens with one attached hydrogen (secondary N) is 1. The summed E-state index contributed by atoms with van der Waals surface area (Å²) in [5.41, 5.74) is 1.86. The lowest BCUT2D eigenvalue weighted by Gasteiger charge is -2.08. The maximum atomic E-state index is 4.53. The van der Waals surface area contributed by atoms with Crippen LogP contribution >= 0.6 is 0 Å². The van der Waals surface area contributed by atoms with E-state index in [2.05, 4.69) is 36.7 Å². The van der Waals surface area contributed by atoms with Crippen molar-refractivity contribution >= 4 is 5.95 Å². The second-order valence-corrected chi connectivity index (χ2v) is 5.18. The Hall–Kier alpha value is -2.76. The summed E-state index contributed by atoms with van der Waals surface area (Å²) in [6, 6.07) is 5.78. The number of nitrogens with zero attached hydrogens (tertiary/aromatic N) is 5. The van der Waals surface area contributed by atoms with Gasteiger partial charge in [-0.05, 0) is 24.6 Å². The molecule has 0 aliphatic carbocycles. The topological polar surface area (TPSA) is 68.5 Å². The van der Waals surface area contributed by atoms with Crippen LogP contribution in [0.25, 0.3) is 11.3 Å². The van der Waals surface area contributed by atoms with Crippen molar-refractivity contribution in [2.24, 2.45) is 0 Å². The largest absolute Gasteiger partial charge is 0.354 e. The first-order valence-electron chi connectivity index (χ1n) is 7.84. The van der Waals surface area contributed by atoms with Gasteiger partial charge in [-0.2, -0.15) is 0 Å². The van der Waals surface area contributed by atoms with Crippen LogP contribution in [0.1, 0.15) is 19.2 Å². The zero-order valence-electron chi connectivity index (χ0n) is 13.2. The van der Waals surface area contributed by atoms with E-state index in [1.165, 1.54) is 0 Å². The molecule has 6 nitrogen and oxygen atoms in total. The molecule has 3 aromatic heterocycles. The first-order valence-corrected chi connectivity index (χ1v) is 7.84. The summed E-state index contributed by atoms with van der Waals surface area (Å²) in [7, 11) is 0. The van der Waals surface area contributed by atoms with Gasteiger partial charge in [0.15, 0.2) is 0 Å². The first-order chi connectivity index (χ1) is 11.4. The number of aryl methyl sites for hydroxylation is 2. The van der Waals surface area contributed by atoms with Crippen LogP contribution < -0.4 is 5.32 Å². The highest BCUT2D eigenvalue weighted by atomic mass is 15.1. The Morgan fingerprint density at radius 2 is 2.09 bits per heavy atom. The molecule has 0 saturated heterocycles. The van der Waals surface area contributed by atoms with E-state index in [0.717, 1.165) is 43.0 Å². The normalized spacial score (nSPS) is 10.7. The molecule has 0 radical (unpaired) electrons. The summed E-state index contributed by atoms with van der Waals surface area (Å²) < 4.78 is 2.19. The van der Waals surface area contributed by atoms with Gasteiger partial charge in [-0.15, -0.1) is 0 Å². The van der Waals surface area contributed by atoms with Crippen molar-refractivity contribution in [3.05, 3.63) is 55.0 Å². The molecule has 3 aromatic rings. The van der Waals surface area contributed by atoms with Crippen molar-refractivity contribution in [1.82, 2.24) is 24.5 Å². The van der Waals surface area contributed by atoms with E-state index >= 15 is 0 Å². The van der Waals surface area contributed by atoms with Gasteiger partial charge in [0.25, 0.3) is 0 Å². The SMILES string of the molecule is CCc1nccn1CCCNc1nccc(-c2cccnc2)n1. The van der Waals surface area contributed by atoms with Gasteiger partial charge in [0.1, 0.15) is 5.82 Å².